The van der Waals surface area contributed by atoms with Crippen LogP contribution in [0, 0.1) is 17.5 Å². The maximum Gasteiger partial charge on any atom is 0.326 e. The number of hydrogen-bond donors (Lipinski definition) is 3. The van der Waals surface area contributed by atoms with E-state index < -0.39 is 59.7 Å². The largest absolute Gasteiger partial charge is 0.481 e. The first-order chi connectivity index (χ1) is 9.72. The molecule has 0 aromatic heterocycles. The van der Waals surface area contributed by atoms with Gasteiger partial charge in [-0.05, 0) is 6.42 Å². The molecule has 0 spiro atoms. The van der Waals surface area contributed by atoms with Crippen molar-refractivity contribution in [2.24, 2.45) is 0 Å². The van der Waals surface area contributed by atoms with Gasteiger partial charge in [-0.25, -0.2) is 18.0 Å². The fraction of sp³-hybridized carbons (Fsp3) is 0.250. The molecule has 1 unspecified atom stereocenters. The van der Waals surface area contributed by atoms with Gasteiger partial charge in [-0.15, -0.1) is 0 Å². The van der Waals surface area contributed by atoms with Crippen LogP contribution in [0.15, 0.2) is 12.1 Å². The number of rotatable bonds is 6. The van der Waals surface area contributed by atoms with Crippen molar-refractivity contribution in [3.63, 3.8) is 0 Å². The van der Waals surface area contributed by atoms with Crippen LogP contribution in [0.3, 0.4) is 0 Å². The molecule has 114 valence electrons. The number of halogens is 3. The van der Waals surface area contributed by atoms with Crippen LogP contribution in [0.25, 0.3) is 0 Å². The van der Waals surface area contributed by atoms with Gasteiger partial charge in [0.25, 0.3) is 5.91 Å². The van der Waals surface area contributed by atoms with E-state index in [0.29, 0.717) is 0 Å². The van der Waals surface area contributed by atoms with Gasteiger partial charge in [0.1, 0.15) is 29.1 Å². The van der Waals surface area contributed by atoms with Crippen LogP contribution in [0.1, 0.15) is 23.2 Å². The molecule has 1 atom stereocenters. The Morgan fingerprint density at radius 3 is 2.05 bits per heavy atom. The minimum atomic E-state index is -1.64. The number of carbonyl (C=O) groups excluding carboxylic acids is 1. The summed E-state index contributed by atoms with van der Waals surface area (Å²) in [6.45, 7) is 0. The quantitative estimate of drug-likeness (QED) is 0.731. The summed E-state index contributed by atoms with van der Waals surface area (Å²) < 4.78 is 39.4. The molecule has 3 N–H and O–H groups in total. The zero-order chi connectivity index (χ0) is 16.2. The average molecular weight is 305 g/mol. The minimum Gasteiger partial charge on any atom is -0.481 e. The number of nitrogens with one attached hydrogen (secondary N) is 1. The van der Waals surface area contributed by atoms with Crippen LogP contribution in [0.5, 0.6) is 0 Å². The molecule has 0 saturated carbocycles. The molecule has 0 fully saturated rings. The number of carbonyl (C=O) groups is 3. The third kappa shape index (κ3) is 4.48. The highest BCUT2D eigenvalue weighted by Gasteiger charge is 2.25. The zero-order valence-corrected chi connectivity index (χ0v) is 10.4. The SMILES string of the molecule is O=C(O)CCC(NC(=O)c1c(F)cc(F)cc1F)C(=O)O. The van der Waals surface area contributed by atoms with E-state index in [0.717, 1.165) is 0 Å². The second-order valence-electron chi connectivity index (χ2n) is 4.04. The van der Waals surface area contributed by atoms with E-state index in [4.69, 9.17) is 10.2 Å². The normalized spacial score (nSPS) is 11.8. The van der Waals surface area contributed by atoms with Gasteiger partial charge in [-0.2, -0.15) is 0 Å². The smallest absolute Gasteiger partial charge is 0.326 e. The molecule has 21 heavy (non-hydrogen) atoms. The van der Waals surface area contributed by atoms with E-state index >= 15 is 0 Å². The summed E-state index contributed by atoms with van der Waals surface area (Å²) in [5.74, 6) is -8.49. The molecule has 0 radical (unpaired) electrons. The number of benzene rings is 1. The molecule has 1 aromatic rings. The summed E-state index contributed by atoms with van der Waals surface area (Å²) in [5, 5.41) is 19.0. The Hall–Kier alpha value is -2.58. The number of carboxylic acids is 2. The van der Waals surface area contributed by atoms with Crippen LogP contribution in [0.2, 0.25) is 0 Å². The lowest BCUT2D eigenvalue weighted by Crippen LogP contribution is -2.41. The molecular weight excluding hydrogens is 295 g/mol. The molecule has 6 nitrogen and oxygen atoms in total. The molecule has 0 bridgehead atoms. The molecule has 0 heterocycles. The van der Waals surface area contributed by atoms with Crippen LogP contribution in [0.4, 0.5) is 13.2 Å². The summed E-state index contributed by atoms with van der Waals surface area (Å²) in [4.78, 5) is 32.8. The van der Waals surface area contributed by atoms with E-state index in [9.17, 15) is 27.6 Å². The highest BCUT2D eigenvalue weighted by molar-refractivity contribution is 5.97. The topological polar surface area (TPSA) is 104 Å². The van der Waals surface area contributed by atoms with Gasteiger partial charge in [0.15, 0.2) is 0 Å². The predicted molar refractivity (Wildman–Crippen MR) is 62.1 cm³/mol. The fourth-order valence-corrected chi connectivity index (χ4v) is 1.51. The first-order valence-corrected chi connectivity index (χ1v) is 5.62. The monoisotopic (exact) mass is 305 g/mol. The summed E-state index contributed by atoms with van der Waals surface area (Å²) in [5.41, 5.74) is -1.14. The molecule has 0 aliphatic carbocycles. The zero-order valence-electron chi connectivity index (χ0n) is 10.4. The first-order valence-electron chi connectivity index (χ1n) is 5.62. The van der Waals surface area contributed by atoms with E-state index in [1.807, 2.05) is 0 Å². The van der Waals surface area contributed by atoms with Gasteiger partial charge in [-0.1, -0.05) is 0 Å². The van der Waals surface area contributed by atoms with Crippen LogP contribution >= 0.6 is 0 Å². The van der Waals surface area contributed by atoms with Gasteiger partial charge in [0.05, 0.1) is 0 Å². The third-order valence-electron chi connectivity index (χ3n) is 2.48. The van der Waals surface area contributed by atoms with Crippen molar-refractivity contribution in [2.75, 3.05) is 0 Å². The Labute approximate surface area is 116 Å². The van der Waals surface area contributed by atoms with Gasteiger partial charge in [-0.3, -0.25) is 9.59 Å². The predicted octanol–water partition coefficient (Wildman–Crippen LogP) is 1.15. The minimum absolute atomic E-state index is 0.269. The number of hydrogen-bond acceptors (Lipinski definition) is 3. The van der Waals surface area contributed by atoms with E-state index in [1.165, 1.54) is 0 Å². The van der Waals surface area contributed by atoms with Crippen molar-refractivity contribution < 1.29 is 37.8 Å². The van der Waals surface area contributed by atoms with Gasteiger partial charge in [0.2, 0.25) is 0 Å². The Bertz CT molecular complexity index is 567. The van der Waals surface area contributed by atoms with Crippen LogP contribution in [-0.4, -0.2) is 34.1 Å². The first kappa shape index (κ1) is 16.5. The summed E-state index contributed by atoms with van der Waals surface area (Å²) >= 11 is 0. The lowest BCUT2D eigenvalue weighted by molar-refractivity contribution is -0.140. The van der Waals surface area contributed by atoms with Crippen LogP contribution in [-0.2, 0) is 9.59 Å². The number of amides is 1. The molecule has 1 rings (SSSR count). The highest BCUT2D eigenvalue weighted by Crippen LogP contribution is 2.15. The highest BCUT2D eigenvalue weighted by atomic mass is 19.1. The van der Waals surface area contributed by atoms with Gasteiger partial charge >= 0.3 is 11.9 Å². The summed E-state index contributed by atoms with van der Waals surface area (Å²) in [6.07, 6.45) is -1.04. The second kappa shape index (κ2) is 6.73. The fourth-order valence-electron chi connectivity index (χ4n) is 1.51. The lowest BCUT2D eigenvalue weighted by Gasteiger charge is -2.14. The van der Waals surface area contributed by atoms with Gasteiger partial charge in [0, 0.05) is 18.6 Å². The van der Waals surface area contributed by atoms with E-state index in [1.54, 1.807) is 5.32 Å². The molecule has 1 amide bonds. The Kier molecular flexibility index (Phi) is 5.28. The van der Waals surface area contributed by atoms with E-state index in [2.05, 4.69) is 0 Å². The number of carboxylic acid groups (broad SMARTS) is 2. The van der Waals surface area contributed by atoms with Crippen molar-refractivity contribution >= 4 is 17.8 Å². The molecule has 1 aromatic carbocycles. The summed E-state index contributed by atoms with van der Waals surface area (Å²) in [6, 6.07) is -1.10. The van der Waals surface area contributed by atoms with Crippen molar-refractivity contribution in [1.29, 1.82) is 0 Å². The average Bonchev–Trinajstić information content (AvgIpc) is 2.32. The van der Waals surface area contributed by atoms with Crippen molar-refractivity contribution in [3.8, 4) is 0 Å². The van der Waals surface area contributed by atoms with Crippen LogP contribution < -0.4 is 5.32 Å². The molecular formula is C12H10F3NO5. The Balaban J connectivity index is 2.92. The maximum absolute atomic E-state index is 13.3. The van der Waals surface area contributed by atoms with Crippen molar-refractivity contribution in [3.05, 3.63) is 35.1 Å². The van der Waals surface area contributed by atoms with Gasteiger partial charge < -0.3 is 15.5 Å². The standard InChI is InChI=1S/C12H10F3NO5/c13-5-3-6(14)10(7(15)4-5)11(19)16-8(12(20)21)1-2-9(17)18/h3-4,8H,1-2H2,(H,16,19)(H,17,18)(H,20,21). The second-order valence-corrected chi connectivity index (χ2v) is 4.04. The Morgan fingerprint density at radius 2 is 1.62 bits per heavy atom. The third-order valence-corrected chi connectivity index (χ3v) is 2.48. The molecule has 9 heteroatoms. The molecule has 0 aliphatic rings. The number of aliphatic carboxylic acids is 2. The van der Waals surface area contributed by atoms with E-state index in [-0.39, 0.29) is 12.1 Å². The molecule has 0 saturated heterocycles. The molecule has 0 aliphatic heterocycles. The van der Waals surface area contributed by atoms with Crippen molar-refractivity contribution in [1.82, 2.24) is 5.32 Å². The van der Waals surface area contributed by atoms with Crippen molar-refractivity contribution in [2.45, 2.75) is 18.9 Å². The summed E-state index contributed by atoms with van der Waals surface area (Å²) in [7, 11) is 0. The lowest BCUT2D eigenvalue weighted by atomic mass is 10.1. The Morgan fingerprint density at radius 1 is 1.10 bits per heavy atom. The maximum atomic E-state index is 13.3.